The first kappa shape index (κ1) is 19.3. The lowest BCUT2D eigenvalue weighted by Gasteiger charge is -2.31. The van der Waals surface area contributed by atoms with Gasteiger partial charge in [-0.3, -0.25) is 9.69 Å². The topological polar surface area (TPSA) is 50.8 Å². The summed E-state index contributed by atoms with van der Waals surface area (Å²) in [7, 11) is 0. The molecule has 1 aliphatic rings. The lowest BCUT2D eigenvalue weighted by molar-refractivity contribution is -0.124. The zero-order chi connectivity index (χ0) is 19.1. The van der Waals surface area contributed by atoms with Gasteiger partial charge < -0.3 is 14.8 Å². The van der Waals surface area contributed by atoms with Gasteiger partial charge in [-0.05, 0) is 36.8 Å². The summed E-state index contributed by atoms with van der Waals surface area (Å²) in [5, 5.41) is 3.06. The number of rotatable bonds is 7. The molecule has 0 spiro atoms. The minimum Gasteiger partial charge on any atom is -0.484 e. The molecular weight excluding hydrogens is 347 g/mol. The van der Waals surface area contributed by atoms with Crippen molar-refractivity contribution in [2.45, 2.75) is 13.0 Å². The number of ether oxygens (including phenoxy) is 2. The molecule has 0 aliphatic carbocycles. The van der Waals surface area contributed by atoms with Gasteiger partial charge in [0, 0.05) is 19.6 Å². The van der Waals surface area contributed by atoms with Crippen molar-refractivity contribution >= 4 is 5.91 Å². The van der Waals surface area contributed by atoms with Crippen LogP contribution in [0.15, 0.2) is 48.5 Å². The van der Waals surface area contributed by atoms with Gasteiger partial charge in [0.2, 0.25) is 0 Å². The predicted molar refractivity (Wildman–Crippen MR) is 101 cm³/mol. The molecule has 1 N–H and O–H groups in total. The lowest BCUT2D eigenvalue weighted by atomic mass is 10.0. The molecule has 0 unspecified atom stereocenters. The van der Waals surface area contributed by atoms with E-state index in [9.17, 15) is 9.18 Å². The molecule has 0 radical (unpaired) electrons. The molecule has 2 aromatic carbocycles. The van der Waals surface area contributed by atoms with E-state index >= 15 is 0 Å². The molecule has 1 amide bonds. The summed E-state index contributed by atoms with van der Waals surface area (Å²) < 4.78 is 23.8. The van der Waals surface area contributed by atoms with E-state index in [1.165, 1.54) is 29.8 Å². The Morgan fingerprint density at radius 2 is 1.81 bits per heavy atom. The SMILES string of the molecule is Cc1ccc([C@@H](CN2CCOCC2)NC(=O)COc2ccc(F)cc2)cc1. The normalized spacial score (nSPS) is 15.9. The fraction of sp³-hybridized carbons (Fsp3) is 0.381. The maximum atomic E-state index is 12.9. The average Bonchev–Trinajstić information content (AvgIpc) is 2.68. The van der Waals surface area contributed by atoms with Crippen LogP contribution < -0.4 is 10.1 Å². The fourth-order valence-electron chi connectivity index (χ4n) is 2.99. The first-order valence-corrected chi connectivity index (χ1v) is 9.14. The second-order valence-corrected chi connectivity index (χ2v) is 6.69. The largest absolute Gasteiger partial charge is 0.484 e. The number of benzene rings is 2. The van der Waals surface area contributed by atoms with Crippen molar-refractivity contribution in [2.75, 3.05) is 39.5 Å². The Hall–Kier alpha value is -2.44. The Bertz CT molecular complexity index is 728. The van der Waals surface area contributed by atoms with Gasteiger partial charge in [-0.25, -0.2) is 4.39 Å². The molecule has 6 heteroatoms. The quantitative estimate of drug-likeness (QED) is 0.812. The summed E-state index contributed by atoms with van der Waals surface area (Å²) in [5.74, 6) is -0.0819. The molecular formula is C21H25FN2O3. The summed E-state index contributed by atoms with van der Waals surface area (Å²) in [5.41, 5.74) is 2.23. The molecule has 1 aliphatic heterocycles. The molecule has 1 saturated heterocycles. The van der Waals surface area contributed by atoms with Crippen molar-refractivity contribution < 1.29 is 18.7 Å². The Morgan fingerprint density at radius 3 is 2.48 bits per heavy atom. The van der Waals surface area contributed by atoms with E-state index in [2.05, 4.69) is 10.2 Å². The van der Waals surface area contributed by atoms with Crippen molar-refractivity contribution in [3.05, 3.63) is 65.5 Å². The van der Waals surface area contributed by atoms with Crippen LogP contribution in [0.25, 0.3) is 0 Å². The summed E-state index contributed by atoms with van der Waals surface area (Å²) in [6.07, 6.45) is 0. The smallest absolute Gasteiger partial charge is 0.258 e. The summed E-state index contributed by atoms with van der Waals surface area (Å²) >= 11 is 0. The van der Waals surface area contributed by atoms with Crippen LogP contribution in [0.1, 0.15) is 17.2 Å². The van der Waals surface area contributed by atoms with E-state index in [-0.39, 0.29) is 24.4 Å². The molecule has 0 bridgehead atoms. The summed E-state index contributed by atoms with van der Waals surface area (Å²) in [6.45, 7) is 5.76. The molecule has 0 saturated carbocycles. The second-order valence-electron chi connectivity index (χ2n) is 6.69. The molecule has 1 fully saturated rings. The number of carbonyl (C=O) groups is 1. The van der Waals surface area contributed by atoms with E-state index < -0.39 is 0 Å². The van der Waals surface area contributed by atoms with Crippen LogP contribution >= 0.6 is 0 Å². The van der Waals surface area contributed by atoms with Crippen molar-refractivity contribution in [3.8, 4) is 5.75 Å². The van der Waals surface area contributed by atoms with Gasteiger partial charge in [-0.15, -0.1) is 0 Å². The predicted octanol–water partition coefficient (Wildman–Crippen LogP) is 2.70. The number of hydrogen-bond donors (Lipinski definition) is 1. The number of hydrogen-bond acceptors (Lipinski definition) is 4. The zero-order valence-corrected chi connectivity index (χ0v) is 15.5. The van der Waals surface area contributed by atoms with Gasteiger partial charge in [0.15, 0.2) is 6.61 Å². The molecule has 5 nitrogen and oxygen atoms in total. The van der Waals surface area contributed by atoms with Gasteiger partial charge in [-0.2, -0.15) is 0 Å². The number of morpholine rings is 1. The molecule has 1 heterocycles. The first-order valence-electron chi connectivity index (χ1n) is 9.14. The van der Waals surface area contributed by atoms with Gasteiger partial charge in [0.1, 0.15) is 11.6 Å². The van der Waals surface area contributed by atoms with E-state index in [1.54, 1.807) is 0 Å². The maximum absolute atomic E-state index is 12.9. The van der Waals surface area contributed by atoms with Crippen molar-refractivity contribution in [3.63, 3.8) is 0 Å². The standard InChI is InChI=1S/C21H25FN2O3/c1-16-2-4-17(5-3-16)20(14-24-10-12-26-13-11-24)23-21(25)15-27-19-8-6-18(22)7-9-19/h2-9,20H,10-15H2,1H3,(H,23,25)/t20-/m1/s1. The number of halogens is 1. The summed E-state index contributed by atoms with van der Waals surface area (Å²) in [4.78, 5) is 14.7. The minimum absolute atomic E-state index is 0.114. The van der Waals surface area contributed by atoms with Gasteiger partial charge in [0.25, 0.3) is 5.91 Å². The number of nitrogens with zero attached hydrogens (tertiary/aromatic N) is 1. The van der Waals surface area contributed by atoms with Crippen LogP contribution in [0, 0.1) is 12.7 Å². The average molecular weight is 372 g/mol. The third kappa shape index (κ3) is 6.05. The second kappa shape index (κ2) is 9.48. The monoisotopic (exact) mass is 372 g/mol. The molecule has 3 rings (SSSR count). The highest BCUT2D eigenvalue weighted by molar-refractivity contribution is 5.78. The van der Waals surface area contributed by atoms with E-state index in [0.29, 0.717) is 25.5 Å². The van der Waals surface area contributed by atoms with Crippen LogP contribution in [-0.4, -0.2) is 50.3 Å². The van der Waals surface area contributed by atoms with Crippen LogP contribution in [0.3, 0.4) is 0 Å². The van der Waals surface area contributed by atoms with Crippen LogP contribution in [0.5, 0.6) is 5.75 Å². The van der Waals surface area contributed by atoms with Gasteiger partial charge in [-0.1, -0.05) is 29.8 Å². The molecule has 2 aromatic rings. The van der Waals surface area contributed by atoms with Crippen LogP contribution in [0.2, 0.25) is 0 Å². The highest BCUT2D eigenvalue weighted by Gasteiger charge is 2.20. The minimum atomic E-state index is -0.336. The zero-order valence-electron chi connectivity index (χ0n) is 15.5. The van der Waals surface area contributed by atoms with Crippen LogP contribution in [-0.2, 0) is 9.53 Å². The lowest BCUT2D eigenvalue weighted by Crippen LogP contribution is -2.44. The Morgan fingerprint density at radius 1 is 1.15 bits per heavy atom. The highest BCUT2D eigenvalue weighted by Crippen LogP contribution is 2.17. The number of nitrogens with one attached hydrogen (secondary N) is 1. The first-order chi connectivity index (χ1) is 13.1. The molecule has 0 aromatic heterocycles. The fourth-order valence-corrected chi connectivity index (χ4v) is 2.99. The van der Waals surface area contributed by atoms with E-state index in [0.717, 1.165) is 18.7 Å². The Balaban J connectivity index is 1.61. The number of carbonyl (C=O) groups excluding carboxylic acids is 1. The maximum Gasteiger partial charge on any atom is 0.258 e. The van der Waals surface area contributed by atoms with Gasteiger partial charge >= 0.3 is 0 Å². The summed E-state index contributed by atoms with van der Waals surface area (Å²) in [6, 6.07) is 13.7. The van der Waals surface area contributed by atoms with Crippen LogP contribution in [0.4, 0.5) is 4.39 Å². The molecule has 27 heavy (non-hydrogen) atoms. The highest BCUT2D eigenvalue weighted by atomic mass is 19.1. The van der Waals surface area contributed by atoms with Crippen molar-refractivity contribution in [1.82, 2.24) is 10.2 Å². The third-order valence-corrected chi connectivity index (χ3v) is 4.54. The number of aryl methyl sites for hydroxylation is 1. The Kier molecular flexibility index (Phi) is 6.79. The molecule has 1 atom stereocenters. The molecule has 144 valence electrons. The van der Waals surface area contributed by atoms with Crippen molar-refractivity contribution in [2.24, 2.45) is 0 Å². The van der Waals surface area contributed by atoms with Gasteiger partial charge in [0.05, 0.1) is 19.3 Å². The third-order valence-electron chi connectivity index (χ3n) is 4.54. The number of amides is 1. The van der Waals surface area contributed by atoms with E-state index in [1.807, 2.05) is 31.2 Å². The van der Waals surface area contributed by atoms with E-state index in [4.69, 9.17) is 9.47 Å². The van der Waals surface area contributed by atoms with Crippen molar-refractivity contribution in [1.29, 1.82) is 0 Å². The Labute approximate surface area is 159 Å².